The van der Waals surface area contributed by atoms with Crippen LogP contribution < -0.4 is 5.32 Å². The molecule has 0 radical (unpaired) electrons. The van der Waals surface area contributed by atoms with Gasteiger partial charge in [0.2, 0.25) is 0 Å². The van der Waals surface area contributed by atoms with Gasteiger partial charge in [0.15, 0.2) is 5.15 Å². The topological polar surface area (TPSA) is 24.9 Å². The van der Waals surface area contributed by atoms with Crippen LogP contribution in [0.1, 0.15) is 11.1 Å². The van der Waals surface area contributed by atoms with Crippen LogP contribution in [0.5, 0.6) is 0 Å². The third-order valence-electron chi connectivity index (χ3n) is 2.48. The molecule has 1 aromatic heterocycles. The van der Waals surface area contributed by atoms with Gasteiger partial charge >= 0.3 is 0 Å². The highest BCUT2D eigenvalue weighted by atomic mass is 35.5. The van der Waals surface area contributed by atoms with Gasteiger partial charge in [0.05, 0.1) is 5.69 Å². The van der Waals surface area contributed by atoms with Crippen molar-refractivity contribution in [3.05, 3.63) is 58.6 Å². The fourth-order valence-corrected chi connectivity index (χ4v) is 1.65. The average molecular weight is 251 g/mol. The Labute approximate surface area is 104 Å². The summed E-state index contributed by atoms with van der Waals surface area (Å²) in [6, 6.07) is 8.79. The maximum absolute atomic E-state index is 13.3. The molecule has 0 atom stereocenters. The Hall–Kier alpha value is -1.61. The van der Waals surface area contributed by atoms with Crippen molar-refractivity contribution in [2.75, 3.05) is 5.32 Å². The van der Waals surface area contributed by atoms with Crippen molar-refractivity contribution in [1.29, 1.82) is 0 Å². The van der Waals surface area contributed by atoms with Crippen molar-refractivity contribution in [3.8, 4) is 0 Å². The van der Waals surface area contributed by atoms with Gasteiger partial charge in [-0.25, -0.2) is 9.37 Å². The molecule has 2 nitrogen and oxygen atoms in total. The number of aromatic nitrogens is 1. The van der Waals surface area contributed by atoms with Crippen molar-refractivity contribution in [3.63, 3.8) is 0 Å². The van der Waals surface area contributed by atoms with Crippen LogP contribution >= 0.6 is 11.6 Å². The smallest absolute Gasteiger partial charge is 0.152 e. The number of nitrogens with zero attached hydrogens (tertiary/aromatic N) is 1. The van der Waals surface area contributed by atoms with Gasteiger partial charge in [-0.15, -0.1) is 0 Å². The molecule has 0 aliphatic rings. The van der Waals surface area contributed by atoms with E-state index in [9.17, 15) is 4.39 Å². The highest BCUT2D eigenvalue weighted by Gasteiger charge is 2.02. The molecule has 1 N–H and O–H groups in total. The number of hydrogen-bond donors (Lipinski definition) is 1. The van der Waals surface area contributed by atoms with E-state index >= 15 is 0 Å². The second kappa shape index (κ2) is 5.15. The molecule has 2 aromatic rings. The molecule has 0 fully saturated rings. The summed E-state index contributed by atoms with van der Waals surface area (Å²) >= 11 is 5.90. The summed E-state index contributed by atoms with van der Waals surface area (Å²) in [7, 11) is 0. The minimum Gasteiger partial charge on any atom is -0.378 e. The fraction of sp³-hybridized carbons (Fsp3) is 0.154. The Morgan fingerprint density at radius 2 is 2.18 bits per heavy atom. The number of hydrogen-bond acceptors (Lipinski definition) is 2. The van der Waals surface area contributed by atoms with Crippen LogP contribution in [0.2, 0.25) is 5.15 Å². The molecule has 0 aliphatic heterocycles. The van der Waals surface area contributed by atoms with Crippen LogP contribution in [0.15, 0.2) is 36.5 Å². The van der Waals surface area contributed by atoms with Gasteiger partial charge in [-0.05, 0) is 36.2 Å². The van der Waals surface area contributed by atoms with E-state index in [-0.39, 0.29) is 5.82 Å². The van der Waals surface area contributed by atoms with E-state index in [0.717, 1.165) is 11.3 Å². The minimum absolute atomic E-state index is 0.193. The first-order valence-corrected chi connectivity index (χ1v) is 5.64. The normalized spacial score (nSPS) is 10.3. The molecule has 1 aromatic carbocycles. The summed E-state index contributed by atoms with van der Waals surface area (Å²) in [5.74, 6) is -0.193. The van der Waals surface area contributed by atoms with Gasteiger partial charge in [0.1, 0.15) is 5.82 Å². The van der Waals surface area contributed by atoms with Gasteiger partial charge in [-0.3, -0.25) is 0 Å². The van der Waals surface area contributed by atoms with Crippen LogP contribution in [-0.2, 0) is 6.54 Å². The van der Waals surface area contributed by atoms with E-state index in [1.54, 1.807) is 25.3 Å². The lowest BCUT2D eigenvalue weighted by molar-refractivity contribution is 0.616. The van der Waals surface area contributed by atoms with E-state index in [1.165, 1.54) is 6.07 Å². The third-order valence-corrected chi connectivity index (χ3v) is 2.78. The number of benzene rings is 1. The Balaban J connectivity index is 2.08. The van der Waals surface area contributed by atoms with Gasteiger partial charge in [0, 0.05) is 12.7 Å². The average Bonchev–Trinajstić information content (AvgIpc) is 2.32. The SMILES string of the molecule is Cc1ccc(CNc2cccnc2Cl)cc1F. The molecule has 0 saturated heterocycles. The maximum Gasteiger partial charge on any atom is 0.152 e. The molecule has 0 bridgehead atoms. The summed E-state index contributed by atoms with van der Waals surface area (Å²) in [6.07, 6.45) is 1.62. The standard InChI is InChI=1S/C13H12ClFN2/c1-9-4-5-10(7-11(9)15)8-17-12-3-2-6-16-13(12)14/h2-7,17H,8H2,1H3. The van der Waals surface area contributed by atoms with Crippen molar-refractivity contribution < 1.29 is 4.39 Å². The Morgan fingerprint density at radius 3 is 2.88 bits per heavy atom. The van der Waals surface area contributed by atoms with Crippen LogP contribution in [-0.4, -0.2) is 4.98 Å². The molecule has 0 amide bonds. The Bertz CT molecular complexity index is 529. The number of pyridine rings is 1. The number of aryl methyl sites for hydroxylation is 1. The van der Waals surface area contributed by atoms with Gasteiger partial charge in [-0.2, -0.15) is 0 Å². The first-order valence-electron chi connectivity index (χ1n) is 5.26. The maximum atomic E-state index is 13.3. The summed E-state index contributed by atoms with van der Waals surface area (Å²) in [4.78, 5) is 3.95. The van der Waals surface area contributed by atoms with Crippen LogP contribution in [0.25, 0.3) is 0 Å². The quantitative estimate of drug-likeness (QED) is 0.839. The molecule has 1 heterocycles. The zero-order valence-electron chi connectivity index (χ0n) is 9.37. The molecule has 0 spiro atoms. The number of nitrogens with one attached hydrogen (secondary N) is 1. The predicted molar refractivity (Wildman–Crippen MR) is 67.7 cm³/mol. The van der Waals surface area contributed by atoms with Crippen LogP contribution in [0.4, 0.5) is 10.1 Å². The number of halogens is 2. The molecular formula is C13H12ClFN2. The van der Waals surface area contributed by atoms with Crippen LogP contribution in [0.3, 0.4) is 0 Å². The van der Waals surface area contributed by atoms with Crippen molar-refractivity contribution in [2.45, 2.75) is 13.5 Å². The fourth-order valence-electron chi connectivity index (χ4n) is 1.46. The van der Waals surface area contributed by atoms with Crippen molar-refractivity contribution in [2.24, 2.45) is 0 Å². The number of anilines is 1. The van der Waals surface area contributed by atoms with E-state index in [0.29, 0.717) is 17.3 Å². The molecular weight excluding hydrogens is 239 g/mol. The first-order chi connectivity index (χ1) is 8.16. The van der Waals surface area contributed by atoms with Gasteiger partial charge in [-0.1, -0.05) is 23.7 Å². The third kappa shape index (κ3) is 2.94. The first kappa shape index (κ1) is 11.9. The Morgan fingerprint density at radius 1 is 1.35 bits per heavy atom. The van der Waals surface area contributed by atoms with E-state index in [4.69, 9.17) is 11.6 Å². The monoisotopic (exact) mass is 250 g/mol. The highest BCUT2D eigenvalue weighted by molar-refractivity contribution is 6.31. The number of rotatable bonds is 3. The second-order valence-electron chi connectivity index (χ2n) is 3.78. The molecule has 0 unspecified atom stereocenters. The molecule has 2 rings (SSSR count). The van der Waals surface area contributed by atoms with Crippen LogP contribution in [0, 0.1) is 12.7 Å². The second-order valence-corrected chi connectivity index (χ2v) is 4.14. The van der Waals surface area contributed by atoms with Crippen molar-refractivity contribution in [1.82, 2.24) is 4.98 Å². The van der Waals surface area contributed by atoms with Crippen molar-refractivity contribution >= 4 is 17.3 Å². The Kier molecular flexibility index (Phi) is 3.59. The summed E-state index contributed by atoms with van der Waals surface area (Å²) in [5.41, 5.74) is 2.26. The molecule has 88 valence electrons. The van der Waals surface area contributed by atoms with Gasteiger partial charge < -0.3 is 5.32 Å². The summed E-state index contributed by atoms with van der Waals surface area (Å²) < 4.78 is 13.3. The largest absolute Gasteiger partial charge is 0.378 e. The lowest BCUT2D eigenvalue weighted by Crippen LogP contribution is -2.01. The molecule has 0 aliphatic carbocycles. The van der Waals surface area contributed by atoms with E-state index in [1.807, 2.05) is 12.1 Å². The van der Waals surface area contributed by atoms with Gasteiger partial charge in [0.25, 0.3) is 0 Å². The minimum atomic E-state index is -0.193. The molecule has 4 heteroatoms. The molecule has 0 saturated carbocycles. The van der Waals surface area contributed by atoms with E-state index < -0.39 is 0 Å². The van der Waals surface area contributed by atoms with E-state index in [2.05, 4.69) is 10.3 Å². The highest BCUT2D eigenvalue weighted by Crippen LogP contribution is 2.18. The zero-order chi connectivity index (χ0) is 12.3. The lowest BCUT2D eigenvalue weighted by Gasteiger charge is -2.08. The lowest BCUT2D eigenvalue weighted by atomic mass is 10.1. The summed E-state index contributed by atoms with van der Waals surface area (Å²) in [6.45, 7) is 2.26. The zero-order valence-corrected chi connectivity index (χ0v) is 10.1. The summed E-state index contributed by atoms with van der Waals surface area (Å²) in [5, 5.41) is 3.53. The predicted octanol–water partition coefficient (Wildman–Crippen LogP) is 3.79. The molecule has 17 heavy (non-hydrogen) atoms.